The van der Waals surface area contributed by atoms with Crippen LogP contribution in [0.3, 0.4) is 0 Å². The zero-order chi connectivity index (χ0) is 18.8. The number of nitrogens with zero attached hydrogens (tertiary/aromatic N) is 3. The van der Waals surface area contributed by atoms with Crippen molar-refractivity contribution in [1.82, 2.24) is 19.8 Å². The fourth-order valence-corrected chi connectivity index (χ4v) is 3.22. The Kier molecular flexibility index (Phi) is 4.42. The molecule has 2 heterocycles. The maximum absolute atomic E-state index is 13.2. The lowest BCUT2D eigenvalue weighted by atomic mass is 10.0. The Hall–Kier alpha value is -3.48. The van der Waals surface area contributed by atoms with E-state index in [1.165, 1.54) is 29.2 Å². The number of amides is 2. The summed E-state index contributed by atoms with van der Waals surface area (Å²) in [7, 11) is 0. The third kappa shape index (κ3) is 3.31. The molecule has 2 amide bonds. The first-order chi connectivity index (χ1) is 13.1. The summed E-state index contributed by atoms with van der Waals surface area (Å²) in [5.41, 5.74) is 1.95. The molecule has 1 unspecified atom stereocenters. The van der Waals surface area contributed by atoms with Crippen molar-refractivity contribution >= 4 is 11.8 Å². The second kappa shape index (κ2) is 7.03. The number of benzene rings is 2. The fourth-order valence-electron chi connectivity index (χ4n) is 3.22. The Morgan fingerprint density at radius 2 is 1.85 bits per heavy atom. The third-order valence-electron chi connectivity index (χ3n) is 4.58. The van der Waals surface area contributed by atoms with Crippen molar-refractivity contribution in [2.24, 2.45) is 0 Å². The van der Waals surface area contributed by atoms with Gasteiger partial charge < -0.3 is 14.8 Å². The second-order valence-corrected chi connectivity index (χ2v) is 6.26. The van der Waals surface area contributed by atoms with E-state index in [1.807, 2.05) is 22.9 Å². The van der Waals surface area contributed by atoms with Crippen LogP contribution in [0.5, 0.6) is 0 Å². The number of carbonyl (C=O) groups is 2. The van der Waals surface area contributed by atoms with E-state index in [9.17, 15) is 14.0 Å². The molecule has 1 aliphatic heterocycles. The number of nitrogens with one attached hydrogen (secondary N) is 1. The van der Waals surface area contributed by atoms with Crippen molar-refractivity contribution in [2.75, 3.05) is 13.1 Å². The van der Waals surface area contributed by atoms with Gasteiger partial charge in [-0.25, -0.2) is 9.37 Å². The maximum atomic E-state index is 13.2. The highest BCUT2D eigenvalue weighted by Gasteiger charge is 2.34. The molecule has 2 aromatic carbocycles. The van der Waals surface area contributed by atoms with Crippen LogP contribution in [0.25, 0.3) is 5.69 Å². The first kappa shape index (κ1) is 17.0. The number of halogens is 1. The van der Waals surface area contributed by atoms with Gasteiger partial charge in [0, 0.05) is 36.7 Å². The molecular weight excluding hydrogens is 347 g/mol. The molecule has 4 rings (SSSR count). The van der Waals surface area contributed by atoms with Gasteiger partial charge in [-0.3, -0.25) is 9.59 Å². The Morgan fingerprint density at radius 3 is 2.52 bits per heavy atom. The van der Waals surface area contributed by atoms with Crippen LogP contribution in [-0.2, 0) is 4.79 Å². The van der Waals surface area contributed by atoms with E-state index in [4.69, 9.17) is 0 Å². The van der Waals surface area contributed by atoms with Crippen LogP contribution in [-0.4, -0.2) is 39.4 Å². The molecule has 0 aliphatic carbocycles. The van der Waals surface area contributed by atoms with Gasteiger partial charge in [-0.15, -0.1) is 0 Å². The third-order valence-corrected chi connectivity index (χ3v) is 4.58. The molecule has 1 atom stereocenters. The van der Waals surface area contributed by atoms with Crippen molar-refractivity contribution in [1.29, 1.82) is 0 Å². The highest BCUT2D eigenvalue weighted by atomic mass is 19.1. The van der Waals surface area contributed by atoms with Crippen molar-refractivity contribution in [3.05, 3.63) is 84.2 Å². The van der Waals surface area contributed by atoms with Crippen molar-refractivity contribution in [3.63, 3.8) is 0 Å². The summed E-state index contributed by atoms with van der Waals surface area (Å²) in [6.45, 7) is 0.769. The summed E-state index contributed by atoms with van der Waals surface area (Å²) in [4.78, 5) is 31.0. The standard InChI is InChI=1S/C20H17FN4O2/c21-16-5-1-14(2-6-16)18-19(26)23-10-12-25(18)20(27)15-3-7-17(8-4-15)24-11-9-22-13-24/h1-9,11,13,18H,10,12H2,(H,23,26). The van der Waals surface area contributed by atoms with E-state index >= 15 is 0 Å². The van der Waals surface area contributed by atoms with Gasteiger partial charge in [0.2, 0.25) is 5.91 Å². The lowest BCUT2D eigenvalue weighted by molar-refractivity contribution is -0.128. The minimum absolute atomic E-state index is 0.239. The predicted octanol–water partition coefficient (Wildman–Crippen LogP) is 2.32. The van der Waals surface area contributed by atoms with Gasteiger partial charge in [-0.1, -0.05) is 12.1 Å². The monoisotopic (exact) mass is 364 g/mol. The lowest BCUT2D eigenvalue weighted by Gasteiger charge is -2.35. The Morgan fingerprint density at radius 1 is 1.11 bits per heavy atom. The molecule has 1 aromatic heterocycles. The minimum atomic E-state index is -0.778. The zero-order valence-electron chi connectivity index (χ0n) is 14.4. The van der Waals surface area contributed by atoms with Crippen molar-refractivity contribution in [2.45, 2.75) is 6.04 Å². The van der Waals surface area contributed by atoms with E-state index in [2.05, 4.69) is 10.3 Å². The summed E-state index contributed by atoms with van der Waals surface area (Å²) in [6.07, 6.45) is 5.17. The maximum Gasteiger partial charge on any atom is 0.254 e. The van der Waals surface area contributed by atoms with Crippen LogP contribution >= 0.6 is 0 Å². The number of aromatic nitrogens is 2. The molecule has 0 bridgehead atoms. The minimum Gasteiger partial charge on any atom is -0.352 e. The van der Waals surface area contributed by atoms with Gasteiger partial charge in [-0.2, -0.15) is 0 Å². The molecule has 3 aromatic rings. The number of carbonyl (C=O) groups excluding carboxylic acids is 2. The topological polar surface area (TPSA) is 67.2 Å². The molecule has 1 N–H and O–H groups in total. The summed E-state index contributed by atoms with van der Waals surface area (Å²) in [5, 5.41) is 2.77. The quantitative estimate of drug-likeness (QED) is 0.776. The Bertz CT molecular complexity index is 953. The first-order valence-corrected chi connectivity index (χ1v) is 8.56. The van der Waals surface area contributed by atoms with Crippen LogP contribution in [0.2, 0.25) is 0 Å². The predicted molar refractivity (Wildman–Crippen MR) is 96.8 cm³/mol. The van der Waals surface area contributed by atoms with E-state index in [0.29, 0.717) is 24.2 Å². The second-order valence-electron chi connectivity index (χ2n) is 6.26. The molecule has 27 heavy (non-hydrogen) atoms. The molecule has 1 fully saturated rings. The molecule has 136 valence electrons. The van der Waals surface area contributed by atoms with Crippen molar-refractivity contribution in [3.8, 4) is 5.69 Å². The smallest absolute Gasteiger partial charge is 0.254 e. The average Bonchev–Trinajstić information content (AvgIpc) is 3.23. The molecule has 7 heteroatoms. The summed E-state index contributed by atoms with van der Waals surface area (Å²) in [6, 6.07) is 12.0. The van der Waals surface area contributed by atoms with Crippen LogP contribution in [0.4, 0.5) is 4.39 Å². The molecule has 0 spiro atoms. The zero-order valence-corrected chi connectivity index (χ0v) is 14.4. The molecule has 6 nitrogen and oxygen atoms in total. The highest BCUT2D eigenvalue weighted by Crippen LogP contribution is 2.25. The van der Waals surface area contributed by atoms with Gasteiger partial charge >= 0.3 is 0 Å². The fraction of sp³-hybridized carbons (Fsp3) is 0.150. The summed E-state index contributed by atoms with van der Waals surface area (Å²) in [5.74, 6) is -0.893. The van der Waals surface area contributed by atoms with E-state index in [0.717, 1.165) is 5.69 Å². The number of rotatable bonds is 3. The van der Waals surface area contributed by atoms with Gasteiger partial charge in [-0.05, 0) is 42.0 Å². The largest absolute Gasteiger partial charge is 0.352 e. The van der Waals surface area contributed by atoms with Crippen LogP contribution in [0, 0.1) is 5.82 Å². The number of hydrogen-bond acceptors (Lipinski definition) is 3. The van der Waals surface area contributed by atoms with Gasteiger partial charge in [0.1, 0.15) is 11.9 Å². The number of piperazine rings is 1. The molecular formula is C20H17FN4O2. The van der Waals surface area contributed by atoms with E-state index in [-0.39, 0.29) is 17.6 Å². The van der Waals surface area contributed by atoms with Crippen LogP contribution in [0.15, 0.2) is 67.3 Å². The molecule has 0 radical (unpaired) electrons. The normalized spacial score (nSPS) is 16.9. The van der Waals surface area contributed by atoms with Crippen LogP contribution < -0.4 is 5.32 Å². The molecule has 0 saturated carbocycles. The van der Waals surface area contributed by atoms with Gasteiger partial charge in [0.05, 0.1) is 6.33 Å². The molecule has 1 aliphatic rings. The first-order valence-electron chi connectivity index (χ1n) is 8.56. The van der Waals surface area contributed by atoms with E-state index < -0.39 is 6.04 Å². The molecule has 1 saturated heterocycles. The van der Waals surface area contributed by atoms with Crippen LogP contribution in [0.1, 0.15) is 22.0 Å². The highest BCUT2D eigenvalue weighted by molar-refractivity contribution is 5.98. The van der Waals surface area contributed by atoms with Gasteiger partial charge in [0.15, 0.2) is 0 Å². The van der Waals surface area contributed by atoms with Gasteiger partial charge in [0.25, 0.3) is 5.91 Å². The Labute approximate surface area is 155 Å². The Balaban J connectivity index is 1.62. The number of hydrogen-bond donors (Lipinski definition) is 1. The summed E-state index contributed by atoms with van der Waals surface area (Å²) < 4.78 is 15.1. The summed E-state index contributed by atoms with van der Waals surface area (Å²) >= 11 is 0. The lowest BCUT2D eigenvalue weighted by Crippen LogP contribution is -2.52. The number of imidazole rings is 1. The SMILES string of the molecule is O=C1NCCN(C(=O)c2ccc(-n3ccnc3)cc2)C1c1ccc(F)cc1. The van der Waals surface area contributed by atoms with Crippen molar-refractivity contribution < 1.29 is 14.0 Å². The average molecular weight is 364 g/mol. The van der Waals surface area contributed by atoms with E-state index in [1.54, 1.807) is 24.7 Å².